The van der Waals surface area contributed by atoms with Crippen LogP contribution >= 0.6 is 0 Å². The fraction of sp³-hybridized carbons (Fsp3) is 0.478. The maximum atomic E-state index is 10.3. The second kappa shape index (κ2) is 9.80. The predicted octanol–water partition coefficient (Wildman–Crippen LogP) is 3.55. The van der Waals surface area contributed by atoms with Crippen molar-refractivity contribution in [1.29, 1.82) is 0 Å². The zero-order valence-corrected chi connectivity index (χ0v) is 16.8. The molecule has 152 valence electrons. The summed E-state index contributed by atoms with van der Waals surface area (Å²) >= 11 is 0. The van der Waals surface area contributed by atoms with E-state index in [-0.39, 0.29) is 12.0 Å². The van der Waals surface area contributed by atoms with Crippen LogP contribution in [0.25, 0.3) is 0 Å². The van der Waals surface area contributed by atoms with Crippen molar-refractivity contribution in [3.8, 4) is 17.2 Å². The van der Waals surface area contributed by atoms with Crippen molar-refractivity contribution in [2.45, 2.75) is 37.2 Å². The molecule has 1 aliphatic rings. The summed E-state index contributed by atoms with van der Waals surface area (Å²) in [5, 5.41) is 13.7. The van der Waals surface area contributed by atoms with Gasteiger partial charge in [-0.2, -0.15) is 0 Å². The molecular formula is C23H31NO4. The summed E-state index contributed by atoms with van der Waals surface area (Å²) in [5.41, 5.74) is 1.34. The van der Waals surface area contributed by atoms with Gasteiger partial charge in [0, 0.05) is 18.5 Å². The summed E-state index contributed by atoms with van der Waals surface area (Å²) in [6.07, 6.45) is 4.15. The van der Waals surface area contributed by atoms with Crippen molar-refractivity contribution in [3.63, 3.8) is 0 Å². The molecule has 0 bridgehead atoms. The highest BCUT2D eigenvalue weighted by Gasteiger charge is 2.36. The summed E-state index contributed by atoms with van der Waals surface area (Å²) in [4.78, 5) is 0. The van der Waals surface area contributed by atoms with Crippen LogP contribution in [0.15, 0.2) is 48.5 Å². The maximum Gasteiger partial charge on any atom is 0.161 e. The average molecular weight is 386 g/mol. The first-order chi connectivity index (χ1) is 13.7. The lowest BCUT2D eigenvalue weighted by Crippen LogP contribution is -2.40. The number of aliphatic hydroxyl groups is 1. The van der Waals surface area contributed by atoms with E-state index in [1.165, 1.54) is 18.4 Å². The lowest BCUT2D eigenvalue weighted by molar-refractivity contribution is 0.105. The Morgan fingerprint density at radius 2 is 1.71 bits per heavy atom. The fourth-order valence-corrected chi connectivity index (χ4v) is 4.03. The van der Waals surface area contributed by atoms with Crippen LogP contribution in [0.3, 0.4) is 0 Å². The second-order valence-corrected chi connectivity index (χ2v) is 7.47. The molecule has 1 atom stereocenters. The Kier molecular flexibility index (Phi) is 7.18. The molecule has 0 unspecified atom stereocenters. The molecule has 0 heterocycles. The van der Waals surface area contributed by atoms with E-state index in [1.54, 1.807) is 14.2 Å². The number of rotatable bonds is 10. The highest BCUT2D eigenvalue weighted by molar-refractivity contribution is 5.45. The molecule has 3 rings (SSSR count). The summed E-state index contributed by atoms with van der Waals surface area (Å²) in [6, 6.07) is 15.8. The van der Waals surface area contributed by atoms with E-state index in [9.17, 15) is 5.11 Å². The van der Waals surface area contributed by atoms with Gasteiger partial charge in [-0.1, -0.05) is 37.1 Å². The van der Waals surface area contributed by atoms with Crippen LogP contribution in [0.2, 0.25) is 0 Å². The van der Waals surface area contributed by atoms with Crippen molar-refractivity contribution < 1.29 is 19.3 Å². The number of para-hydroxylation sites is 1. The quantitative estimate of drug-likeness (QED) is 0.655. The lowest BCUT2D eigenvalue weighted by Gasteiger charge is -2.31. The number of ether oxygens (including phenoxy) is 3. The third-order valence-corrected chi connectivity index (χ3v) is 5.59. The van der Waals surface area contributed by atoms with Gasteiger partial charge in [-0.15, -0.1) is 0 Å². The number of nitrogens with one attached hydrogen (secondary N) is 1. The van der Waals surface area contributed by atoms with Crippen LogP contribution in [0.1, 0.15) is 31.2 Å². The second-order valence-electron chi connectivity index (χ2n) is 7.47. The largest absolute Gasteiger partial charge is 0.493 e. The van der Waals surface area contributed by atoms with E-state index in [2.05, 4.69) is 17.4 Å². The van der Waals surface area contributed by atoms with Crippen molar-refractivity contribution in [2.75, 3.05) is 33.9 Å². The van der Waals surface area contributed by atoms with Gasteiger partial charge in [-0.05, 0) is 42.7 Å². The van der Waals surface area contributed by atoms with Crippen molar-refractivity contribution >= 4 is 0 Å². The predicted molar refractivity (Wildman–Crippen MR) is 111 cm³/mol. The summed E-state index contributed by atoms with van der Waals surface area (Å²) in [6.45, 7) is 1.60. The van der Waals surface area contributed by atoms with Crippen LogP contribution in [-0.4, -0.2) is 45.1 Å². The molecule has 28 heavy (non-hydrogen) atoms. The summed E-state index contributed by atoms with van der Waals surface area (Å²) in [7, 11) is 3.33. The highest BCUT2D eigenvalue weighted by atomic mass is 16.5. The molecule has 0 amide bonds. The number of methoxy groups -OCH3 is 2. The molecule has 0 spiro atoms. The minimum absolute atomic E-state index is 0.0690. The van der Waals surface area contributed by atoms with Gasteiger partial charge in [-0.3, -0.25) is 0 Å². The SMILES string of the molecule is COc1ccc(C2(CNC[C@@H](O)COc3ccccc3)CCCC2)cc1OC. The number of hydrogen-bond acceptors (Lipinski definition) is 5. The monoisotopic (exact) mass is 385 g/mol. The molecule has 1 fully saturated rings. The van der Waals surface area contributed by atoms with Gasteiger partial charge in [0.05, 0.1) is 14.2 Å². The Labute approximate surface area is 167 Å². The average Bonchev–Trinajstić information content (AvgIpc) is 3.22. The molecule has 2 N–H and O–H groups in total. The van der Waals surface area contributed by atoms with E-state index >= 15 is 0 Å². The smallest absolute Gasteiger partial charge is 0.161 e. The Balaban J connectivity index is 1.57. The van der Waals surface area contributed by atoms with Crippen molar-refractivity contribution in [3.05, 3.63) is 54.1 Å². The van der Waals surface area contributed by atoms with E-state index in [1.807, 2.05) is 36.4 Å². The van der Waals surface area contributed by atoms with Gasteiger partial charge < -0.3 is 24.6 Å². The molecule has 0 radical (unpaired) electrons. The molecule has 1 saturated carbocycles. The first-order valence-electron chi connectivity index (χ1n) is 9.96. The van der Waals surface area contributed by atoms with Gasteiger partial charge in [0.2, 0.25) is 0 Å². The number of benzene rings is 2. The van der Waals surface area contributed by atoms with Crippen LogP contribution in [0.5, 0.6) is 17.2 Å². The molecular weight excluding hydrogens is 354 g/mol. The molecule has 2 aromatic carbocycles. The van der Waals surface area contributed by atoms with E-state index in [0.29, 0.717) is 6.54 Å². The lowest BCUT2D eigenvalue weighted by atomic mass is 9.78. The van der Waals surface area contributed by atoms with Crippen LogP contribution in [0, 0.1) is 0 Å². The minimum atomic E-state index is -0.552. The van der Waals surface area contributed by atoms with Gasteiger partial charge in [0.25, 0.3) is 0 Å². The molecule has 0 saturated heterocycles. The van der Waals surface area contributed by atoms with E-state index < -0.39 is 6.10 Å². The Morgan fingerprint density at radius 1 is 1.00 bits per heavy atom. The first kappa shape index (κ1) is 20.5. The normalized spacial score (nSPS) is 16.5. The topological polar surface area (TPSA) is 60.0 Å². The van der Waals surface area contributed by atoms with Crippen LogP contribution in [0.4, 0.5) is 0 Å². The van der Waals surface area contributed by atoms with Crippen molar-refractivity contribution in [2.24, 2.45) is 0 Å². The van der Waals surface area contributed by atoms with Crippen LogP contribution < -0.4 is 19.5 Å². The Hall–Kier alpha value is -2.24. The molecule has 5 heteroatoms. The first-order valence-corrected chi connectivity index (χ1v) is 9.96. The van der Waals surface area contributed by atoms with Gasteiger partial charge >= 0.3 is 0 Å². The molecule has 5 nitrogen and oxygen atoms in total. The fourth-order valence-electron chi connectivity index (χ4n) is 4.03. The highest BCUT2D eigenvalue weighted by Crippen LogP contribution is 2.43. The molecule has 0 aromatic heterocycles. The molecule has 1 aliphatic carbocycles. The standard InChI is InChI=1S/C23H31NO4/c1-26-21-11-10-18(14-22(21)27-2)23(12-6-7-13-23)17-24-15-19(25)16-28-20-8-4-3-5-9-20/h3-5,8-11,14,19,24-25H,6-7,12-13,15-17H2,1-2H3/t19-/m1/s1. The summed E-state index contributed by atoms with van der Waals surface area (Å²) < 4.78 is 16.5. The number of aliphatic hydroxyl groups excluding tert-OH is 1. The third kappa shape index (κ3) is 4.97. The Bertz CT molecular complexity index is 729. The van der Waals surface area contributed by atoms with E-state index in [4.69, 9.17) is 14.2 Å². The molecule has 0 aliphatic heterocycles. The molecule has 2 aromatic rings. The van der Waals surface area contributed by atoms with E-state index in [0.717, 1.165) is 36.6 Å². The van der Waals surface area contributed by atoms with Crippen molar-refractivity contribution in [1.82, 2.24) is 5.32 Å². The minimum Gasteiger partial charge on any atom is -0.493 e. The van der Waals surface area contributed by atoms with Gasteiger partial charge in [-0.25, -0.2) is 0 Å². The van der Waals surface area contributed by atoms with Crippen LogP contribution in [-0.2, 0) is 5.41 Å². The third-order valence-electron chi connectivity index (χ3n) is 5.59. The Morgan fingerprint density at radius 3 is 2.39 bits per heavy atom. The van der Waals surface area contributed by atoms with Gasteiger partial charge in [0.15, 0.2) is 11.5 Å². The number of hydrogen-bond donors (Lipinski definition) is 2. The summed E-state index contributed by atoms with van der Waals surface area (Å²) in [5.74, 6) is 2.29. The zero-order chi connectivity index (χ0) is 19.8. The zero-order valence-electron chi connectivity index (χ0n) is 16.8. The van der Waals surface area contributed by atoms with Gasteiger partial charge in [0.1, 0.15) is 18.5 Å². The maximum absolute atomic E-state index is 10.3.